The molecule has 0 aliphatic heterocycles. The van der Waals surface area contributed by atoms with E-state index >= 15 is 0 Å². The summed E-state index contributed by atoms with van der Waals surface area (Å²) in [7, 11) is 0. The Kier molecular flexibility index (Phi) is 4.89. The van der Waals surface area contributed by atoms with Gasteiger partial charge >= 0.3 is 6.61 Å². The number of benzene rings is 1. The van der Waals surface area contributed by atoms with Crippen LogP contribution in [-0.4, -0.2) is 25.1 Å². The van der Waals surface area contributed by atoms with Crippen LogP contribution in [0.15, 0.2) is 24.3 Å². The number of nitrogens with two attached hydrogens (primary N) is 1. The van der Waals surface area contributed by atoms with E-state index in [9.17, 15) is 13.6 Å². The van der Waals surface area contributed by atoms with Gasteiger partial charge in [0.2, 0.25) is 5.91 Å². The Balaban J connectivity index is 1.90. The van der Waals surface area contributed by atoms with E-state index in [0.29, 0.717) is 12.5 Å². The van der Waals surface area contributed by atoms with E-state index in [1.54, 1.807) is 12.1 Å². The van der Waals surface area contributed by atoms with Crippen LogP contribution in [0.4, 0.5) is 8.78 Å². The predicted molar refractivity (Wildman–Crippen MR) is 70.5 cm³/mol. The van der Waals surface area contributed by atoms with E-state index in [-0.39, 0.29) is 24.1 Å². The first-order valence-electron chi connectivity index (χ1n) is 6.62. The first-order valence-corrected chi connectivity index (χ1v) is 6.62. The monoisotopic (exact) mass is 284 g/mol. The first kappa shape index (κ1) is 14.7. The summed E-state index contributed by atoms with van der Waals surface area (Å²) in [5, 5.41) is 2.92. The van der Waals surface area contributed by atoms with Gasteiger partial charge in [-0.2, -0.15) is 8.78 Å². The third-order valence-electron chi connectivity index (χ3n) is 3.21. The van der Waals surface area contributed by atoms with Gasteiger partial charge in [-0.25, -0.2) is 0 Å². The highest BCUT2D eigenvalue weighted by Crippen LogP contribution is 2.20. The van der Waals surface area contributed by atoms with Crippen molar-refractivity contribution < 1.29 is 18.3 Å². The van der Waals surface area contributed by atoms with Crippen LogP contribution in [0.1, 0.15) is 18.4 Å². The van der Waals surface area contributed by atoms with Crippen molar-refractivity contribution in [3.8, 4) is 5.75 Å². The van der Waals surface area contributed by atoms with Gasteiger partial charge in [0, 0.05) is 12.6 Å². The molecule has 1 aliphatic rings. The van der Waals surface area contributed by atoms with Gasteiger partial charge in [0.05, 0.1) is 5.92 Å². The molecular weight excluding hydrogens is 266 g/mol. The summed E-state index contributed by atoms with van der Waals surface area (Å²) in [4.78, 5) is 11.9. The summed E-state index contributed by atoms with van der Waals surface area (Å²) in [6.07, 6.45) is 2.55. The smallest absolute Gasteiger partial charge is 0.387 e. The number of carbonyl (C=O) groups is 1. The highest BCUT2D eigenvalue weighted by molar-refractivity contribution is 5.79. The molecule has 6 heteroatoms. The largest absolute Gasteiger partial charge is 0.435 e. The highest BCUT2D eigenvalue weighted by Gasteiger charge is 2.26. The van der Waals surface area contributed by atoms with Crippen molar-refractivity contribution in [3.05, 3.63) is 29.8 Å². The molecule has 110 valence electrons. The summed E-state index contributed by atoms with van der Waals surface area (Å²) in [5.74, 6) is -0.226. The van der Waals surface area contributed by atoms with Gasteiger partial charge < -0.3 is 15.8 Å². The van der Waals surface area contributed by atoms with E-state index in [2.05, 4.69) is 10.1 Å². The number of rotatable bonds is 7. The second-order valence-electron chi connectivity index (χ2n) is 4.94. The molecule has 0 radical (unpaired) electrons. The molecule has 4 nitrogen and oxygen atoms in total. The summed E-state index contributed by atoms with van der Waals surface area (Å²) in [5.41, 5.74) is 6.50. The molecule has 1 aliphatic carbocycles. The molecule has 1 unspecified atom stereocenters. The maximum absolute atomic E-state index is 12.0. The fraction of sp³-hybridized carbons (Fsp3) is 0.500. The Morgan fingerprint density at radius 3 is 2.50 bits per heavy atom. The third kappa shape index (κ3) is 4.45. The summed E-state index contributed by atoms with van der Waals surface area (Å²) >= 11 is 0. The number of carbonyl (C=O) groups excluding carboxylic acids is 1. The molecule has 1 aromatic rings. The van der Waals surface area contributed by atoms with E-state index in [1.165, 1.54) is 12.1 Å². The molecule has 0 bridgehead atoms. The number of hydrogen-bond acceptors (Lipinski definition) is 3. The minimum atomic E-state index is -2.83. The Labute approximate surface area is 116 Å². The maximum Gasteiger partial charge on any atom is 0.387 e. The molecule has 1 saturated carbocycles. The lowest BCUT2D eigenvalue weighted by molar-refractivity contribution is -0.124. The lowest BCUT2D eigenvalue weighted by Gasteiger charge is -2.15. The van der Waals surface area contributed by atoms with Crippen molar-refractivity contribution in [2.75, 3.05) is 6.54 Å². The quantitative estimate of drug-likeness (QED) is 0.800. The molecule has 1 atom stereocenters. The van der Waals surface area contributed by atoms with Gasteiger partial charge in [-0.3, -0.25) is 4.79 Å². The summed E-state index contributed by atoms with van der Waals surface area (Å²) in [6.45, 7) is -2.57. The van der Waals surface area contributed by atoms with Crippen LogP contribution in [0.3, 0.4) is 0 Å². The highest BCUT2D eigenvalue weighted by atomic mass is 19.3. The van der Waals surface area contributed by atoms with Gasteiger partial charge in [0.1, 0.15) is 5.75 Å². The summed E-state index contributed by atoms with van der Waals surface area (Å²) < 4.78 is 28.3. The van der Waals surface area contributed by atoms with Crippen molar-refractivity contribution in [3.63, 3.8) is 0 Å². The minimum Gasteiger partial charge on any atom is -0.435 e. The fourth-order valence-electron chi connectivity index (χ4n) is 1.92. The van der Waals surface area contributed by atoms with Crippen molar-refractivity contribution in [1.29, 1.82) is 0 Å². The zero-order valence-electron chi connectivity index (χ0n) is 11.0. The molecule has 0 saturated heterocycles. The minimum absolute atomic E-state index is 0.0390. The van der Waals surface area contributed by atoms with E-state index in [0.717, 1.165) is 18.4 Å². The first-order chi connectivity index (χ1) is 9.58. The Morgan fingerprint density at radius 2 is 2.00 bits per heavy atom. The predicted octanol–water partition coefficient (Wildman–Crippen LogP) is 1.68. The van der Waals surface area contributed by atoms with Crippen molar-refractivity contribution in [2.45, 2.75) is 31.9 Å². The second kappa shape index (κ2) is 6.65. The van der Waals surface area contributed by atoms with Crippen molar-refractivity contribution >= 4 is 5.91 Å². The third-order valence-corrected chi connectivity index (χ3v) is 3.21. The molecule has 0 aromatic heterocycles. The number of alkyl halides is 2. The Hall–Kier alpha value is -1.69. The van der Waals surface area contributed by atoms with Crippen LogP contribution in [0.2, 0.25) is 0 Å². The van der Waals surface area contributed by atoms with Gasteiger partial charge in [0.25, 0.3) is 0 Å². The average molecular weight is 284 g/mol. The second-order valence-corrected chi connectivity index (χ2v) is 4.94. The van der Waals surface area contributed by atoms with Crippen LogP contribution in [0.25, 0.3) is 0 Å². The molecule has 1 aromatic carbocycles. The molecule has 1 fully saturated rings. The molecule has 3 N–H and O–H groups in total. The molecule has 0 spiro atoms. The Morgan fingerprint density at radius 1 is 1.35 bits per heavy atom. The SMILES string of the molecule is NCC(Cc1ccc(OC(F)F)cc1)C(=O)NC1CC1. The van der Waals surface area contributed by atoms with Crippen LogP contribution in [-0.2, 0) is 11.2 Å². The lowest BCUT2D eigenvalue weighted by atomic mass is 9.98. The topological polar surface area (TPSA) is 64.3 Å². The fourth-order valence-corrected chi connectivity index (χ4v) is 1.92. The van der Waals surface area contributed by atoms with Gasteiger partial charge in [-0.1, -0.05) is 12.1 Å². The van der Waals surface area contributed by atoms with Crippen LogP contribution in [0.5, 0.6) is 5.75 Å². The maximum atomic E-state index is 12.0. The zero-order valence-corrected chi connectivity index (χ0v) is 11.0. The molecule has 20 heavy (non-hydrogen) atoms. The van der Waals surface area contributed by atoms with Crippen LogP contribution in [0, 0.1) is 5.92 Å². The number of halogens is 2. The number of hydrogen-bond donors (Lipinski definition) is 2. The van der Waals surface area contributed by atoms with Gasteiger partial charge in [-0.15, -0.1) is 0 Å². The molecule has 2 rings (SSSR count). The van der Waals surface area contributed by atoms with Gasteiger partial charge in [-0.05, 0) is 37.0 Å². The number of amides is 1. The van der Waals surface area contributed by atoms with Crippen molar-refractivity contribution in [1.82, 2.24) is 5.32 Å². The van der Waals surface area contributed by atoms with E-state index in [4.69, 9.17) is 5.73 Å². The number of nitrogens with one attached hydrogen (secondary N) is 1. The molecule has 1 amide bonds. The Bertz CT molecular complexity index is 447. The molecule has 0 heterocycles. The molecular formula is C14H18F2N2O2. The summed E-state index contributed by atoms with van der Waals surface area (Å²) in [6, 6.07) is 6.58. The standard InChI is InChI=1S/C14H18F2N2O2/c15-14(16)20-12-5-1-9(2-6-12)7-10(8-17)13(19)18-11-3-4-11/h1-2,5-6,10-11,14H,3-4,7-8,17H2,(H,18,19). The van der Waals surface area contributed by atoms with Crippen molar-refractivity contribution in [2.24, 2.45) is 11.7 Å². The average Bonchev–Trinajstić information content (AvgIpc) is 3.21. The normalized spacial score (nSPS) is 16.0. The lowest BCUT2D eigenvalue weighted by Crippen LogP contribution is -2.37. The van der Waals surface area contributed by atoms with E-state index in [1.807, 2.05) is 0 Å². The zero-order chi connectivity index (χ0) is 14.5. The van der Waals surface area contributed by atoms with Gasteiger partial charge in [0.15, 0.2) is 0 Å². The van der Waals surface area contributed by atoms with Crippen LogP contribution < -0.4 is 15.8 Å². The number of ether oxygens (including phenoxy) is 1. The van der Waals surface area contributed by atoms with E-state index < -0.39 is 6.61 Å². The van der Waals surface area contributed by atoms with Crippen LogP contribution >= 0.6 is 0 Å².